The Kier molecular flexibility index (Phi) is 2.79. The second-order valence-electron chi connectivity index (χ2n) is 2.27. The first-order valence-corrected chi connectivity index (χ1v) is 3.44. The van der Waals surface area contributed by atoms with Gasteiger partial charge in [-0.25, -0.2) is 0 Å². The van der Waals surface area contributed by atoms with Crippen molar-refractivity contribution in [3.8, 4) is 5.75 Å². The molecule has 0 aliphatic carbocycles. The number of nitrogens with two attached hydrogens (primary N) is 1. The predicted octanol–water partition coefficient (Wildman–Crippen LogP) is 1.39. The number of ether oxygens (including phenoxy) is 1. The highest BCUT2D eigenvalue weighted by molar-refractivity contribution is 5.93. The number of rotatable bonds is 3. The Bertz CT molecular complexity index is 315. The van der Waals surface area contributed by atoms with Crippen LogP contribution in [-0.2, 0) is 0 Å². The normalized spacial score (nSPS) is 10.1. The van der Waals surface area contributed by atoms with Crippen molar-refractivity contribution >= 4 is 5.91 Å². The van der Waals surface area contributed by atoms with Crippen LogP contribution in [0.1, 0.15) is 10.4 Å². The topological polar surface area (TPSA) is 52.3 Å². The molecule has 0 fully saturated rings. The van der Waals surface area contributed by atoms with Crippen molar-refractivity contribution in [2.75, 3.05) is 0 Å². The van der Waals surface area contributed by atoms with Crippen molar-refractivity contribution in [1.29, 1.82) is 0 Å². The van der Waals surface area contributed by atoms with E-state index in [1.165, 1.54) is 18.2 Å². The summed E-state index contributed by atoms with van der Waals surface area (Å²) in [4.78, 5) is 10.6. The fourth-order valence-corrected chi connectivity index (χ4v) is 0.826. The van der Waals surface area contributed by atoms with Crippen LogP contribution in [0.5, 0.6) is 5.75 Å². The van der Waals surface area contributed by atoms with E-state index in [1.807, 2.05) is 0 Å². The molecule has 0 unspecified atom stereocenters. The Balaban J connectivity index is 2.85. The standard InChI is InChI=1S/C8H7F2NO2/c9-8(10)13-6-3-1-2-5(4-6)7(11)12/h1-4,8H,(H2,11,12). The highest BCUT2D eigenvalue weighted by Gasteiger charge is 2.06. The smallest absolute Gasteiger partial charge is 0.387 e. The second kappa shape index (κ2) is 3.84. The summed E-state index contributed by atoms with van der Waals surface area (Å²) >= 11 is 0. The highest BCUT2D eigenvalue weighted by Crippen LogP contribution is 2.15. The zero-order valence-electron chi connectivity index (χ0n) is 6.54. The number of amides is 1. The molecule has 0 aliphatic rings. The maximum Gasteiger partial charge on any atom is 0.387 e. The highest BCUT2D eigenvalue weighted by atomic mass is 19.3. The number of hydrogen-bond acceptors (Lipinski definition) is 2. The second-order valence-corrected chi connectivity index (χ2v) is 2.27. The van der Waals surface area contributed by atoms with Gasteiger partial charge < -0.3 is 10.5 Å². The summed E-state index contributed by atoms with van der Waals surface area (Å²) in [5.74, 6) is -0.758. The van der Waals surface area contributed by atoms with E-state index in [-0.39, 0.29) is 11.3 Å². The number of hydrogen-bond donors (Lipinski definition) is 1. The van der Waals surface area contributed by atoms with E-state index in [4.69, 9.17) is 5.73 Å². The Morgan fingerprint density at radius 3 is 2.69 bits per heavy atom. The van der Waals surface area contributed by atoms with Gasteiger partial charge in [0, 0.05) is 5.56 Å². The monoisotopic (exact) mass is 187 g/mol. The minimum Gasteiger partial charge on any atom is -0.435 e. The third-order valence-corrected chi connectivity index (χ3v) is 1.34. The van der Waals surface area contributed by atoms with E-state index in [0.717, 1.165) is 6.07 Å². The van der Waals surface area contributed by atoms with Crippen LogP contribution in [0, 0.1) is 0 Å². The predicted molar refractivity (Wildman–Crippen MR) is 41.6 cm³/mol. The molecule has 0 heterocycles. The molecule has 0 aliphatic heterocycles. The first kappa shape index (κ1) is 9.44. The summed E-state index contributed by atoms with van der Waals surface area (Å²) in [6.07, 6.45) is 0. The van der Waals surface area contributed by atoms with Gasteiger partial charge in [-0.3, -0.25) is 4.79 Å². The van der Waals surface area contributed by atoms with Gasteiger partial charge in [-0.15, -0.1) is 0 Å². The molecule has 1 aromatic carbocycles. The van der Waals surface area contributed by atoms with Gasteiger partial charge in [-0.1, -0.05) is 6.07 Å². The SMILES string of the molecule is NC(=O)c1cccc(OC(F)F)c1. The van der Waals surface area contributed by atoms with Crippen LogP contribution in [0.25, 0.3) is 0 Å². The summed E-state index contributed by atoms with van der Waals surface area (Å²) in [7, 11) is 0. The van der Waals surface area contributed by atoms with Crippen LogP contribution in [0.15, 0.2) is 24.3 Å². The van der Waals surface area contributed by atoms with Gasteiger partial charge in [0.15, 0.2) is 0 Å². The van der Waals surface area contributed by atoms with Crippen molar-refractivity contribution in [2.45, 2.75) is 6.61 Å². The molecule has 0 saturated heterocycles. The fourth-order valence-electron chi connectivity index (χ4n) is 0.826. The molecule has 1 amide bonds. The first-order valence-electron chi connectivity index (χ1n) is 3.44. The van der Waals surface area contributed by atoms with Crippen LogP contribution in [0.2, 0.25) is 0 Å². The lowest BCUT2D eigenvalue weighted by Gasteiger charge is -2.04. The summed E-state index contributed by atoms with van der Waals surface area (Å²) < 4.78 is 27.5. The van der Waals surface area contributed by atoms with E-state index in [0.29, 0.717) is 0 Å². The minimum atomic E-state index is -2.90. The Morgan fingerprint density at radius 1 is 1.46 bits per heavy atom. The molecule has 0 radical (unpaired) electrons. The van der Waals surface area contributed by atoms with Crippen LogP contribution >= 0.6 is 0 Å². The van der Waals surface area contributed by atoms with Gasteiger partial charge in [0.25, 0.3) is 0 Å². The number of primary amides is 1. The van der Waals surface area contributed by atoms with E-state index in [2.05, 4.69) is 4.74 Å². The average molecular weight is 187 g/mol. The maximum absolute atomic E-state index is 11.7. The molecule has 70 valence electrons. The van der Waals surface area contributed by atoms with Gasteiger partial charge in [-0.05, 0) is 18.2 Å². The van der Waals surface area contributed by atoms with E-state index >= 15 is 0 Å². The lowest BCUT2D eigenvalue weighted by atomic mass is 10.2. The lowest BCUT2D eigenvalue weighted by Crippen LogP contribution is -2.11. The Labute approximate surface area is 73.1 Å². The molecule has 1 aromatic rings. The third kappa shape index (κ3) is 2.70. The zero-order valence-corrected chi connectivity index (χ0v) is 6.54. The molecule has 13 heavy (non-hydrogen) atoms. The van der Waals surface area contributed by atoms with E-state index in [1.54, 1.807) is 0 Å². The van der Waals surface area contributed by atoms with Gasteiger partial charge >= 0.3 is 6.61 Å². The average Bonchev–Trinajstić information content (AvgIpc) is 2.03. The summed E-state index contributed by atoms with van der Waals surface area (Å²) in [5.41, 5.74) is 5.07. The number of carbonyl (C=O) groups is 1. The number of benzene rings is 1. The van der Waals surface area contributed by atoms with E-state index in [9.17, 15) is 13.6 Å². The van der Waals surface area contributed by atoms with E-state index < -0.39 is 12.5 Å². The molecule has 0 saturated carbocycles. The van der Waals surface area contributed by atoms with Gasteiger partial charge in [0.05, 0.1) is 0 Å². The minimum absolute atomic E-state index is 0.0775. The molecule has 3 nitrogen and oxygen atoms in total. The maximum atomic E-state index is 11.7. The van der Waals surface area contributed by atoms with Gasteiger partial charge in [0.1, 0.15) is 5.75 Å². The molecule has 0 spiro atoms. The van der Waals surface area contributed by atoms with Gasteiger partial charge in [0.2, 0.25) is 5.91 Å². The molecule has 0 bridgehead atoms. The lowest BCUT2D eigenvalue weighted by molar-refractivity contribution is -0.0498. The molecular formula is C8H7F2NO2. The van der Waals surface area contributed by atoms with Crippen LogP contribution in [0.4, 0.5) is 8.78 Å². The molecule has 0 atom stereocenters. The van der Waals surface area contributed by atoms with Crippen molar-refractivity contribution in [3.05, 3.63) is 29.8 Å². The molecule has 2 N–H and O–H groups in total. The Hall–Kier alpha value is -1.65. The summed E-state index contributed by atoms with van der Waals surface area (Å²) in [6, 6.07) is 5.31. The largest absolute Gasteiger partial charge is 0.435 e. The fraction of sp³-hybridized carbons (Fsp3) is 0.125. The number of carbonyl (C=O) groups excluding carboxylic acids is 1. The summed E-state index contributed by atoms with van der Waals surface area (Å²) in [5, 5.41) is 0. The quantitative estimate of drug-likeness (QED) is 0.777. The zero-order chi connectivity index (χ0) is 9.84. The Morgan fingerprint density at radius 2 is 2.15 bits per heavy atom. The van der Waals surface area contributed by atoms with Crippen LogP contribution in [0.3, 0.4) is 0 Å². The molecular weight excluding hydrogens is 180 g/mol. The summed E-state index contributed by atoms with van der Waals surface area (Å²) in [6.45, 7) is -2.90. The number of halogens is 2. The van der Waals surface area contributed by atoms with Crippen molar-refractivity contribution in [1.82, 2.24) is 0 Å². The van der Waals surface area contributed by atoms with Crippen LogP contribution in [-0.4, -0.2) is 12.5 Å². The third-order valence-electron chi connectivity index (χ3n) is 1.34. The van der Waals surface area contributed by atoms with Crippen molar-refractivity contribution in [2.24, 2.45) is 5.73 Å². The number of alkyl halides is 2. The van der Waals surface area contributed by atoms with Crippen LogP contribution < -0.4 is 10.5 Å². The molecule has 1 rings (SSSR count). The molecule has 5 heteroatoms. The first-order chi connectivity index (χ1) is 6.09. The van der Waals surface area contributed by atoms with Gasteiger partial charge in [-0.2, -0.15) is 8.78 Å². The van der Waals surface area contributed by atoms with Crippen molar-refractivity contribution in [3.63, 3.8) is 0 Å². The van der Waals surface area contributed by atoms with Crippen molar-refractivity contribution < 1.29 is 18.3 Å². The molecule has 0 aromatic heterocycles.